The second-order valence-corrected chi connectivity index (χ2v) is 8.36. The van der Waals surface area contributed by atoms with Crippen LogP contribution in [0, 0.1) is 0 Å². The average Bonchev–Trinajstić information content (AvgIpc) is 3.30. The van der Waals surface area contributed by atoms with Gasteiger partial charge in [0.25, 0.3) is 0 Å². The van der Waals surface area contributed by atoms with Crippen molar-refractivity contribution in [3.63, 3.8) is 0 Å². The smallest absolute Gasteiger partial charge is 0.229 e. The van der Waals surface area contributed by atoms with Crippen LogP contribution in [0.25, 0.3) is 0 Å². The molecule has 0 amide bonds. The van der Waals surface area contributed by atoms with Gasteiger partial charge < -0.3 is 39.4 Å². The predicted octanol–water partition coefficient (Wildman–Crippen LogP) is 1.28. The molecular weight excluding hydrogens is 440 g/mol. The Kier molecular flexibility index (Phi) is 7.52. The van der Waals surface area contributed by atoms with Gasteiger partial charge in [-0.25, -0.2) is 0 Å². The molecule has 0 bridgehead atoms. The molecular formula is C23H27ClO8. The minimum Gasteiger partial charge on any atom is -0.488 e. The van der Waals surface area contributed by atoms with Gasteiger partial charge in [0.05, 0.1) is 19.8 Å². The molecule has 0 saturated carbocycles. The van der Waals surface area contributed by atoms with Crippen LogP contribution in [0.15, 0.2) is 42.5 Å². The molecule has 4 rings (SSSR count). The molecule has 0 aliphatic carbocycles. The van der Waals surface area contributed by atoms with Gasteiger partial charge in [0, 0.05) is 23.4 Å². The fourth-order valence-corrected chi connectivity index (χ4v) is 4.03. The first-order valence-corrected chi connectivity index (χ1v) is 10.9. The van der Waals surface area contributed by atoms with Crippen molar-refractivity contribution in [2.24, 2.45) is 0 Å². The standard InChI is InChI=1S/C23H27ClO8/c24-17-2-1-3-18(31-23-22(28)21(27)20(26)19(11-25)32-23)16(17)10-13-4-6-14(7-5-13)30-15-8-9-29-12-15/h1-7,15,19-23,25-28H,8-12H2/t15-,19-,20-,21+,22-,23-/m1/s1. The highest BCUT2D eigenvalue weighted by Crippen LogP contribution is 2.32. The fraction of sp³-hybridized carbons (Fsp3) is 0.478. The number of halogens is 1. The maximum absolute atomic E-state index is 10.3. The Morgan fingerprint density at radius 1 is 0.969 bits per heavy atom. The number of hydrogen-bond donors (Lipinski definition) is 4. The summed E-state index contributed by atoms with van der Waals surface area (Å²) in [5.41, 5.74) is 1.63. The van der Waals surface area contributed by atoms with Crippen molar-refractivity contribution in [3.8, 4) is 11.5 Å². The molecule has 2 heterocycles. The van der Waals surface area contributed by atoms with Crippen LogP contribution in [0.2, 0.25) is 5.02 Å². The summed E-state index contributed by atoms with van der Waals surface area (Å²) in [6.45, 7) is 0.779. The first-order chi connectivity index (χ1) is 15.5. The van der Waals surface area contributed by atoms with Gasteiger partial charge in [-0.15, -0.1) is 0 Å². The minimum absolute atomic E-state index is 0.0722. The number of aliphatic hydroxyl groups excluding tert-OH is 4. The molecule has 0 aromatic heterocycles. The zero-order valence-electron chi connectivity index (χ0n) is 17.3. The van der Waals surface area contributed by atoms with Crippen molar-refractivity contribution >= 4 is 11.6 Å². The normalized spacial score (nSPS) is 30.3. The van der Waals surface area contributed by atoms with E-state index in [-0.39, 0.29) is 6.10 Å². The van der Waals surface area contributed by atoms with E-state index in [9.17, 15) is 20.4 Å². The SMILES string of the molecule is OC[C@H]1O[C@@H](Oc2cccc(Cl)c2Cc2ccc(O[C@@H]3CCOC3)cc2)[C@H](O)[C@@H](O)[C@@H]1O. The molecule has 0 spiro atoms. The molecule has 2 aromatic rings. The topological polar surface area (TPSA) is 118 Å². The summed E-state index contributed by atoms with van der Waals surface area (Å²) in [6.07, 6.45) is -5.43. The Labute approximate surface area is 190 Å². The minimum atomic E-state index is -1.52. The highest BCUT2D eigenvalue weighted by Gasteiger charge is 2.44. The lowest BCUT2D eigenvalue weighted by molar-refractivity contribution is -0.277. The van der Waals surface area contributed by atoms with Crippen molar-refractivity contribution in [2.75, 3.05) is 19.8 Å². The lowest BCUT2D eigenvalue weighted by atomic mass is 9.99. The van der Waals surface area contributed by atoms with E-state index in [1.807, 2.05) is 24.3 Å². The Bertz CT molecular complexity index is 884. The first-order valence-electron chi connectivity index (χ1n) is 10.5. The van der Waals surface area contributed by atoms with Crippen molar-refractivity contribution in [2.45, 2.75) is 49.7 Å². The number of hydrogen-bond acceptors (Lipinski definition) is 8. The molecule has 2 aromatic carbocycles. The van der Waals surface area contributed by atoms with E-state index in [0.717, 1.165) is 17.7 Å². The van der Waals surface area contributed by atoms with Gasteiger partial charge in [-0.3, -0.25) is 0 Å². The highest BCUT2D eigenvalue weighted by atomic mass is 35.5. The zero-order chi connectivity index (χ0) is 22.7. The average molecular weight is 467 g/mol. The fourth-order valence-electron chi connectivity index (χ4n) is 3.80. The molecule has 0 radical (unpaired) electrons. The molecule has 8 nitrogen and oxygen atoms in total. The van der Waals surface area contributed by atoms with Crippen LogP contribution < -0.4 is 9.47 Å². The van der Waals surface area contributed by atoms with Gasteiger partial charge in [0.15, 0.2) is 0 Å². The predicted molar refractivity (Wildman–Crippen MR) is 115 cm³/mol. The lowest BCUT2D eigenvalue weighted by Crippen LogP contribution is -2.60. The van der Waals surface area contributed by atoms with Gasteiger partial charge in [-0.1, -0.05) is 29.8 Å². The van der Waals surface area contributed by atoms with Crippen LogP contribution in [-0.4, -0.2) is 77.1 Å². The monoisotopic (exact) mass is 466 g/mol. The Morgan fingerprint density at radius 3 is 2.44 bits per heavy atom. The number of ether oxygens (including phenoxy) is 4. The Balaban J connectivity index is 1.48. The molecule has 2 aliphatic heterocycles. The largest absolute Gasteiger partial charge is 0.488 e. The van der Waals surface area contributed by atoms with Crippen LogP contribution in [0.5, 0.6) is 11.5 Å². The summed E-state index contributed by atoms with van der Waals surface area (Å²) in [5, 5.41) is 40.1. The van der Waals surface area contributed by atoms with Crippen molar-refractivity contribution < 1.29 is 39.4 Å². The van der Waals surface area contributed by atoms with Crippen molar-refractivity contribution in [3.05, 3.63) is 58.6 Å². The van der Waals surface area contributed by atoms with E-state index in [0.29, 0.717) is 36.0 Å². The van der Waals surface area contributed by atoms with Gasteiger partial charge in [-0.2, -0.15) is 0 Å². The van der Waals surface area contributed by atoms with E-state index < -0.39 is 37.3 Å². The molecule has 2 aliphatic rings. The van der Waals surface area contributed by atoms with Crippen LogP contribution in [0.3, 0.4) is 0 Å². The maximum atomic E-state index is 10.3. The van der Waals surface area contributed by atoms with Gasteiger partial charge in [0.1, 0.15) is 42.0 Å². The molecule has 32 heavy (non-hydrogen) atoms. The van der Waals surface area contributed by atoms with E-state index in [1.165, 1.54) is 0 Å². The zero-order valence-corrected chi connectivity index (χ0v) is 18.1. The molecule has 9 heteroatoms. The molecule has 4 N–H and O–H groups in total. The second kappa shape index (κ2) is 10.4. The van der Waals surface area contributed by atoms with E-state index in [1.54, 1.807) is 18.2 Å². The van der Waals surface area contributed by atoms with Crippen molar-refractivity contribution in [1.82, 2.24) is 0 Å². The van der Waals surface area contributed by atoms with E-state index in [2.05, 4.69) is 0 Å². The summed E-state index contributed by atoms with van der Waals surface area (Å²) < 4.78 is 22.5. The van der Waals surface area contributed by atoms with Crippen LogP contribution in [0.1, 0.15) is 17.5 Å². The first kappa shape index (κ1) is 23.3. The van der Waals surface area contributed by atoms with E-state index in [4.69, 9.17) is 30.5 Å². The summed E-state index contributed by atoms with van der Waals surface area (Å²) in [6, 6.07) is 12.8. The molecule has 2 fully saturated rings. The number of rotatable bonds is 7. The van der Waals surface area contributed by atoms with Gasteiger partial charge >= 0.3 is 0 Å². The summed E-state index contributed by atoms with van der Waals surface area (Å²) in [5.74, 6) is 1.13. The Hall–Kier alpha value is -1.91. The third-order valence-corrected chi connectivity index (χ3v) is 6.02. The van der Waals surface area contributed by atoms with Crippen LogP contribution in [0.4, 0.5) is 0 Å². The molecule has 2 saturated heterocycles. The Morgan fingerprint density at radius 2 is 1.75 bits per heavy atom. The maximum Gasteiger partial charge on any atom is 0.229 e. The van der Waals surface area contributed by atoms with Crippen LogP contribution >= 0.6 is 11.6 Å². The summed E-state index contributed by atoms with van der Waals surface area (Å²) >= 11 is 6.43. The third-order valence-electron chi connectivity index (χ3n) is 5.66. The van der Waals surface area contributed by atoms with Gasteiger partial charge in [-0.05, 0) is 29.8 Å². The van der Waals surface area contributed by atoms with Crippen LogP contribution in [-0.2, 0) is 15.9 Å². The molecule has 6 atom stereocenters. The second-order valence-electron chi connectivity index (χ2n) is 7.96. The summed E-state index contributed by atoms with van der Waals surface area (Å²) in [4.78, 5) is 0. The molecule has 0 unspecified atom stereocenters. The lowest BCUT2D eigenvalue weighted by Gasteiger charge is -2.39. The van der Waals surface area contributed by atoms with E-state index >= 15 is 0 Å². The molecule has 174 valence electrons. The van der Waals surface area contributed by atoms with Crippen molar-refractivity contribution in [1.29, 1.82) is 0 Å². The number of aliphatic hydroxyl groups is 4. The third kappa shape index (κ3) is 5.18. The van der Waals surface area contributed by atoms with Gasteiger partial charge in [0.2, 0.25) is 6.29 Å². The number of benzene rings is 2. The summed E-state index contributed by atoms with van der Waals surface area (Å²) in [7, 11) is 0. The highest BCUT2D eigenvalue weighted by molar-refractivity contribution is 6.31. The quantitative estimate of drug-likeness (QED) is 0.482.